The van der Waals surface area contributed by atoms with Crippen molar-refractivity contribution in [3.8, 4) is 101 Å². The molecule has 672 valence electrons. The Morgan fingerprint density at radius 1 is 0.0903 bits per heavy atom. The van der Waals surface area contributed by atoms with Gasteiger partial charge in [0.05, 0.1) is 66.2 Å². The minimum Gasteiger partial charge on any atom is -0.309 e. The number of fused-ring (bicyclic) bond motifs is 21. The van der Waals surface area contributed by atoms with Gasteiger partial charge in [0.15, 0.2) is 0 Å². The summed E-state index contributed by atoms with van der Waals surface area (Å²) in [6.07, 6.45) is 0. The van der Waals surface area contributed by atoms with Gasteiger partial charge in [0.25, 0.3) is 0 Å². The average Bonchev–Trinajstić information content (AvgIpc) is 1.61. The zero-order valence-corrected chi connectivity index (χ0v) is 78.6. The van der Waals surface area contributed by atoms with Crippen LogP contribution in [0.4, 0.5) is 0 Å². The van der Waals surface area contributed by atoms with Crippen LogP contribution in [0.3, 0.4) is 0 Å². The van der Waals surface area contributed by atoms with Gasteiger partial charge in [-0.1, -0.05) is 352 Å². The van der Waals surface area contributed by atoms with E-state index in [1.54, 1.807) is 0 Å². The number of nitrogens with zero attached hydrogens (tertiary/aromatic N) is 6. The van der Waals surface area contributed by atoms with Gasteiger partial charge in [-0.15, -0.1) is 0 Å². The Balaban J connectivity index is 0.000000105. The Kier molecular flexibility index (Phi) is 19.9. The lowest BCUT2D eigenvalue weighted by atomic mass is 9.91. The Hall–Kier alpha value is -19.1. The molecule has 0 aliphatic heterocycles. The quantitative estimate of drug-likeness (QED) is 0.117. The molecule has 0 spiro atoms. The molecule has 6 heterocycles. The van der Waals surface area contributed by atoms with Crippen molar-refractivity contribution < 1.29 is 0 Å². The minimum absolute atomic E-state index is 1.18. The number of benzene rings is 24. The summed E-state index contributed by atoms with van der Waals surface area (Å²) in [5.74, 6) is 0. The molecule has 0 N–H and O–H groups in total. The predicted octanol–water partition coefficient (Wildman–Crippen LogP) is 37.1. The van der Waals surface area contributed by atoms with Crippen LogP contribution in [0.1, 0.15) is 0 Å². The smallest absolute Gasteiger partial charge is 0.0541 e. The number of aromatic nitrogens is 6. The first-order valence-corrected chi connectivity index (χ1v) is 49.6. The summed E-state index contributed by atoms with van der Waals surface area (Å²) in [6, 6.07) is 199. The van der Waals surface area contributed by atoms with Crippen LogP contribution in [0.15, 0.2) is 546 Å². The van der Waals surface area contributed by atoms with Crippen LogP contribution in [0, 0.1) is 0 Å². The van der Waals surface area contributed by atoms with Crippen LogP contribution in [0.25, 0.3) is 264 Å². The van der Waals surface area contributed by atoms with Crippen LogP contribution in [0.5, 0.6) is 0 Å². The standard InChI is InChI=1S/3C46H30N2/c1-3-13-33(14-4-1)47-43-23-9-7-17-39(43)41-29-31(25-27-45(41)47)35-19-11-22-38-36(20-12-21-37(35)38)32-26-28-46-42(30-32)40-18-8-10-24-44(40)48(46)34-15-5-2-6-16-34;1-3-11-37(12-4-1)47-43-17-9-7-15-39(43)41-29-35(23-25-45(41)47)33-21-19-32-28-34(22-20-31(32)27-33)36-24-26-46-42(30-36)40-16-8-10-18-44(40)48(46)38-13-5-2-6-14-38;1-3-13-33(14-4-1)47-43-21-11-9-19-39(43)41-29-31(23-27-45(41)47)35-25-26-36(38-18-8-7-17-37(35)38)32-24-28-46-42(30-32)40-20-10-12-22-44(40)48(46)34-15-5-2-6-16-34/h3*1-30H. The molecule has 6 aromatic heterocycles. The fourth-order valence-corrected chi connectivity index (χ4v) is 23.2. The molecular weight excluding hydrogens is 1740 g/mol. The highest BCUT2D eigenvalue weighted by Gasteiger charge is 2.24. The largest absolute Gasteiger partial charge is 0.309 e. The van der Waals surface area contributed by atoms with Crippen molar-refractivity contribution in [3.05, 3.63) is 546 Å². The highest BCUT2D eigenvalue weighted by Crippen LogP contribution is 2.47. The van der Waals surface area contributed by atoms with Gasteiger partial charge in [-0.25, -0.2) is 0 Å². The fraction of sp³-hybridized carbons (Fsp3) is 0. The second-order valence-electron chi connectivity index (χ2n) is 37.7. The number of hydrogen-bond acceptors (Lipinski definition) is 0. The number of hydrogen-bond donors (Lipinski definition) is 0. The van der Waals surface area contributed by atoms with E-state index in [1.165, 1.54) is 264 Å². The van der Waals surface area contributed by atoms with E-state index in [4.69, 9.17) is 0 Å². The highest BCUT2D eigenvalue weighted by molar-refractivity contribution is 6.19. The lowest BCUT2D eigenvalue weighted by Crippen LogP contribution is -1.93. The lowest BCUT2D eigenvalue weighted by molar-refractivity contribution is 1.18. The van der Waals surface area contributed by atoms with Crippen LogP contribution in [0.2, 0.25) is 0 Å². The maximum atomic E-state index is 2.38. The highest BCUT2D eigenvalue weighted by atomic mass is 15.0. The molecule has 0 radical (unpaired) electrons. The molecule has 24 aromatic carbocycles. The van der Waals surface area contributed by atoms with Crippen molar-refractivity contribution in [2.75, 3.05) is 0 Å². The number of para-hydroxylation sites is 12. The van der Waals surface area contributed by atoms with Gasteiger partial charge in [-0.3, -0.25) is 0 Å². The lowest BCUT2D eigenvalue weighted by Gasteiger charge is -2.13. The molecule has 0 atom stereocenters. The summed E-state index contributed by atoms with van der Waals surface area (Å²) in [4.78, 5) is 0. The van der Waals surface area contributed by atoms with E-state index < -0.39 is 0 Å². The first-order chi connectivity index (χ1) is 71.5. The predicted molar refractivity (Wildman–Crippen MR) is 610 cm³/mol. The van der Waals surface area contributed by atoms with E-state index in [1.807, 2.05) is 0 Å². The van der Waals surface area contributed by atoms with Gasteiger partial charge in [-0.05, 0) is 293 Å². The molecule has 30 rings (SSSR count). The molecule has 0 bridgehead atoms. The summed E-state index contributed by atoms with van der Waals surface area (Å²) < 4.78 is 14.2. The number of rotatable bonds is 12. The van der Waals surface area contributed by atoms with Gasteiger partial charge in [0.1, 0.15) is 0 Å². The average molecular weight is 1830 g/mol. The van der Waals surface area contributed by atoms with E-state index in [2.05, 4.69) is 573 Å². The second kappa shape index (κ2) is 34.5. The summed E-state index contributed by atoms with van der Waals surface area (Å²) >= 11 is 0. The monoisotopic (exact) mass is 1830 g/mol. The molecule has 0 aliphatic carbocycles. The topological polar surface area (TPSA) is 29.6 Å². The third-order valence-corrected chi connectivity index (χ3v) is 29.7. The van der Waals surface area contributed by atoms with Gasteiger partial charge >= 0.3 is 0 Å². The summed E-state index contributed by atoms with van der Waals surface area (Å²) in [5, 5.41) is 22.7. The maximum Gasteiger partial charge on any atom is 0.0541 e. The van der Waals surface area contributed by atoms with Crippen molar-refractivity contribution in [2.45, 2.75) is 0 Å². The van der Waals surface area contributed by atoms with Gasteiger partial charge in [0, 0.05) is 98.8 Å². The van der Waals surface area contributed by atoms with Crippen LogP contribution >= 0.6 is 0 Å². The van der Waals surface area contributed by atoms with Gasteiger partial charge in [0.2, 0.25) is 0 Å². The molecular formula is C138H90N6. The Labute approximate surface area is 831 Å². The van der Waals surface area contributed by atoms with E-state index in [0.717, 1.165) is 0 Å². The molecule has 144 heavy (non-hydrogen) atoms. The Bertz CT molecular complexity index is 9390. The first kappa shape index (κ1) is 83.1. The SMILES string of the molecule is c1ccc(-n2c3ccccc3c3cc(-c4ccc(-c5ccc6c(c5)c5ccccc5n6-c5ccccc5)c5ccccc45)ccc32)cc1.c1ccc(-n2c3ccccc3c3cc(-c4ccc5cc(-c6ccc7c(c6)c6ccccc6n7-c6ccccc6)ccc5c4)ccc32)cc1.c1ccc(-n2c3ccccc3c3cc(-c4cccc5c(-c6ccc7c(c6)c6ccccc6n7-c6ccccc6)cccc45)ccc32)cc1. The first-order valence-electron chi connectivity index (χ1n) is 49.6. The second-order valence-corrected chi connectivity index (χ2v) is 37.7. The molecule has 6 nitrogen and oxygen atoms in total. The normalized spacial score (nSPS) is 11.8. The van der Waals surface area contributed by atoms with Crippen molar-refractivity contribution in [3.63, 3.8) is 0 Å². The van der Waals surface area contributed by atoms with Gasteiger partial charge < -0.3 is 27.4 Å². The third-order valence-electron chi connectivity index (χ3n) is 29.7. The van der Waals surface area contributed by atoms with Crippen LogP contribution in [-0.2, 0) is 0 Å². The van der Waals surface area contributed by atoms with Crippen LogP contribution in [-0.4, -0.2) is 27.4 Å². The molecule has 6 heteroatoms. The van der Waals surface area contributed by atoms with Crippen molar-refractivity contribution in [2.24, 2.45) is 0 Å². The van der Waals surface area contributed by atoms with Crippen molar-refractivity contribution >= 4 is 163 Å². The summed E-state index contributed by atoms with van der Waals surface area (Å²) in [5.41, 5.74) is 36.5. The Morgan fingerprint density at radius 3 is 0.479 bits per heavy atom. The molecule has 0 amide bonds. The van der Waals surface area contributed by atoms with E-state index in [9.17, 15) is 0 Å². The third kappa shape index (κ3) is 13.9. The fourth-order valence-electron chi connectivity index (χ4n) is 23.2. The van der Waals surface area contributed by atoms with E-state index >= 15 is 0 Å². The van der Waals surface area contributed by atoms with Crippen molar-refractivity contribution in [1.29, 1.82) is 0 Å². The molecule has 0 fully saturated rings. The Morgan fingerprint density at radius 2 is 0.250 bits per heavy atom. The van der Waals surface area contributed by atoms with E-state index in [0.29, 0.717) is 0 Å². The zero-order valence-electron chi connectivity index (χ0n) is 78.6. The molecule has 30 aromatic rings. The van der Waals surface area contributed by atoms with Gasteiger partial charge in [-0.2, -0.15) is 0 Å². The summed E-state index contributed by atoms with van der Waals surface area (Å²) in [6.45, 7) is 0. The minimum atomic E-state index is 1.18. The van der Waals surface area contributed by atoms with E-state index in [-0.39, 0.29) is 0 Å². The molecule has 0 saturated carbocycles. The van der Waals surface area contributed by atoms with Crippen molar-refractivity contribution in [1.82, 2.24) is 27.4 Å². The molecule has 0 unspecified atom stereocenters. The summed E-state index contributed by atoms with van der Waals surface area (Å²) in [7, 11) is 0. The molecule has 0 aliphatic rings. The molecule has 0 saturated heterocycles. The zero-order chi connectivity index (χ0) is 94.8. The maximum absolute atomic E-state index is 2.38. The van der Waals surface area contributed by atoms with Crippen LogP contribution < -0.4 is 0 Å².